The molecule has 0 bridgehead atoms. The largest absolute Gasteiger partial charge is 0.265 e. The number of hydrogen-bond acceptors (Lipinski definition) is 4. The number of pyridine rings is 2. The Balaban J connectivity index is 1.16. The van der Waals surface area contributed by atoms with Crippen molar-refractivity contribution in [2.75, 3.05) is 0 Å². The second-order valence-corrected chi connectivity index (χ2v) is 14.2. The van der Waals surface area contributed by atoms with E-state index in [1.165, 1.54) is 55.6 Å². The van der Waals surface area contributed by atoms with Crippen LogP contribution in [0, 0.1) is 0 Å². The number of rotatable bonds is 4. The molecular weight excluding hydrogens is 669 g/mol. The van der Waals surface area contributed by atoms with E-state index in [-0.39, 0.29) is 0 Å². The van der Waals surface area contributed by atoms with E-state index < -0.39 is 5.41 Å². The van der Waals surface area contributed by atoms with Gasteiger partial charge in [-0.05, 0) is 103 Å². The lowest BCUT2D eigenvalue weighted by atomic mass is 9.66. The molecule has 4 heteroatoms. The predicted molar refractivity (Wildman–Crippen MR) is 221 cm³/mol. The lowest BCUT2D eigenvalue weighted by Gasteiger charge is -2.35. The van der Waals surface area contributed by atoms with Crippen LogP contribution in [0.15, 0.2) is 195 Å². The fourth-order valence-corrected chi connectivity index (χ4v) is 8.96. The van der Waals surface area contributed by atoms with Crippen molar-refractivity contribution in [3.8, 4) is 78.4 Å². The molecule has 6 aromatic carbocycles. The fourth-order valence-electron chi connectivity index (χ4n) is 8.96. The second-order valence-electron chi connectivity index (χ2n) is 14.2. The minimum atomic E-state index is -0.531. The molecule has 3 heterocycles. The summed E-state index contributed by atoms with van der Waals surface area (Å²) < 4.78 is 0. The zero-order chi connectivity index (χ0) is 36.3. The first-order valence-electron chi connectivity index (χ1n) is 18.6. The number of benzene rings is 6. The van der Waals surface area contributed by atoms with Gasteiger partial charge in [-0.1, -0.05) is 133 Å². The number of hydrogen-bond donors (Lipinski definition) is 0. The van der Waals surface area contributed by atoms with E-state index in [2.05, 4.69) is 162 Å². The Bertz CT molecular complexity index is 2870. The normalized spacial score (nSPS) is 12.9. The van der Waals surface area contributed by atoms with Gasteiger partial charge >= 0.3 is 0 Å². The number of fused-ring (bicyclic) bond motifs is 12. The van der Waals surface area contributed by atoms with Gasteiger partial charge in [0.25, 0.3) is 0 Å². The quantitative estimate of drug-likeness (QED) is 0.183. The molecule has 0 saturated heterocycles. The minimum Gasteiger partial charge on any atom is -0.265 e. The molecule has 0 amide bonds. The van der Waals surface area contributed by atoms with Gasteiger partial charge in [0.2, 0.25) is 0 Å². The van der Waals surface area contributed by atoms with Gasteiger partial charge in [0.1, 0.15) is 0 Å². The minimum absolute atomic E-state index is 0.531. The van der Waals surface area contributed by atoms with Gasteiger partial charge in [-0.3, -0.25) is 9.97 Å². The van der Waals surface area contributed by atoms with Gasteiger partial charge in [0.15, 0.2) is 5.82 Å². The highest BCUT2D eigenvalue weighted by atomic mass is 14.9. The summed E-state index contributed by atoms with van der Waals surface area (Å²) in [5, 5.41) is 0. The highest BCUT2D eigenvalue weighted by Gasteiger charge is 2.49. The van der Waals surface area contributed by atoms with Crippen LogP contribution in [0.3, 0.4) is 0 Å². The first-order valence-corrected chi connectivity index (χ1v) is 18.6. The first kappa shape index (κ1) is 31.2. The van der Waals surface area contributed by atoms with Crippen molar-refractivity contribution >= 4 is 0 Å². The third kappa shape index (κ3) is 4.78. The highest BCUT2D eigenvalue weighted by molar-refractivity contribution is 5.98. The zero-order valence-corrected chi connectivity index (χ0v) is 29.8. The third-order valence-electron chi connectivity index (χ3n) is 11.4. The average Bonchev–Trinajstić information content (AvgIpc) is 3.52. The summed E-state index contributed by atoms with van der Waals surface area (Å²) in [5.74, 6) is 0.665. The fraction of sp³-hybridized carbons (Fsp3) is 0.0196. The van der Waals surface area contributed by atoms with E-state index in [4.69, 9.17) is 9.97 Å². The smallest absolute Gasteiger partial charge is 0.160 e. The first-order chi connectivity index (χ1) is 27.3. The van der Waals surface area contributed by atoms with Crippen LogP contribution in [0.5, 0.6) is 0 Å². The summed E-state index contributed by atoms with van der Waals surface area (Å²) in [7, 11) is 0. The van der Waals surface area contributed by atoms with Crippen LogP contribution in [0.2, 0.25) is 0 Å². The molecule has 0 saturated carbocycles. The molecule has 1 spiro atoms. The van der Waals surface area contributed by atoms with Crippen LogP contribution in [0.1, 0.15) is 22.3 Å². The molecule has 9 aromatic rings. The SMILES string of the molecule is c1cncc(-c2cc(-c3ccc(-c4ccncc4)cc3)nc(-c3ccc4c(c3)-c3ccccc3-c3ccccc3C43c4ccccc4-c4ccccc43)n2)c1. The Morgan fingerprint density at radius 2 is 0.800 bits per heavy atom. The molecule has 11 rings (SSSR count). The Labute approximate surface area is 319 Å². The van der Waals surface area contributed by atoms with Gasteiger partial charge in [-0.25, -0.2) is 9.97 Å². The molecule has 0 fully saturated rings. The van der Waals surface area contributed by atoms with Gasteiger partial charge in [-0.15, -0.1) is 0 Å². The Morgan fingerprint density at radius 3 is 1.42 bits per heavy atom. The Morgan fingerprint density at radius 1 is 0.309 bits per heavy atom. The predicted octanol–water partition coefficient (Wildman–Crippen LogP) is 11.9. The zero-order valence-electron chi connectivity index (χ0n) is 29.8. The third-order valence-corrected chi connectivity index (χ3v) is 11.4. The summed E-state index contributed by atoms with van der Waals surface area (Å²) in [6, 6.07) is 61.3. The summed E-state index contributed by atoms with van der Waals surface area (Å²) in [6.07, 6.45) is 7.31. The molecule has 2 aliphatic rings. The molecule has 0 N–H and O–H groups in total. The second kappa shape index (κ2) is 12.4. The van der Waals surface area contributed by atoms with E-state index in [0.29, 0.717) is 5.82 Å². The van der Waals surface area contributed by atoms with Crippen LogP contribution >= 0.6 is 0 Å². The van der Waals surface area contributed by atoms with Crippen molar-refractivity contribution in [2.45, 2.75) is 5.41 Å². The van der Waals surface area contributed by atoms with Crippen LogP contribution in [0.4, 0.5) is 0 Å². The van der Waals surface area contributed by atoms with Crippen LogP contribution in [-0.2, 0) is 5.41 Å². The van der Waals surface area contributed by atoms with Gasteiger partial charge in [-0.2, -0.15) is 0 Å². The molecule has 0 radical (unpaired) electrons. The molecule has 3 aromatic heterocycles. The van der Waals surface area contributed by atoms with Crippen molar-refractivity contribution in [1.82, 2.24) is 19.9 Å². The maximum Gasteiger partial charge on any atom is 0.160 e. The van der Waals surface area contributed by atoms with Gasteiger partial charge < -0.3 is 0 Å². The topological polar surface area (TPSA) is 51.6 Å². The molecule has 0 atom stereocenters. The summed E-state index contributed by atoms with van der Waals surface area (Å²) in [5.41, 5.74) is 18.8. The standard InChI is InChI=1S/C51H32N4/c1-2-12-39-38(11-1)40-13-3-6-16-44(40)51(45-17-7-4-14-41(45)42-15-5-8-18-46(42)51)47-24-23-36(30-43(39)47)50-54-48(31-49(55-50)37-10-9-27-53-32-37)35-21-19-33(20-22-35)34-25-28-52-29-26-34/h1-32H. The summed E-state index contributed by atoms with van der Waals surface area (Å²) >= 11 is 0. The van der Waals surface area contributed by atoms with Gasteiger partial charge in [0.05, 0.1) is 16.8 Å². The van der Waals surface area contributed by atoms with Crippen molar-refractivity contribution in [2.24, 2.45) is 0 Å². The van der Waals surface area contributed by atoms with Crippen molar-refractivity contribution in [1.29, 1.82) is 0 Å². The Kier molecular flexibility index (Phi) is 7.04. The van der Waals surface area contributed by atoms with E-state index in [1.54, 1.807) is 6.20 Å². The van der Waals surface area contributed by atoms with Crippen LogP contribution in [0.25, 0.3) is 78.4 Å². The lowest BCUT2D eigenvalue weighted by molar-refractivity contribution is 0.775. The molecule has 0 aliphatic heterocycles. The van der Waals surface area contributed by atoms with Crippen molar-refractivity contribution < 1.29 is 0 Å². The molecule has 4 nitrogen and oxygen atoms in total. The van der Waals surface area contributed by atoms with Crippen LogP contribution in [-0.4, -0.2) is 19.9 Å². The monoisotopic (exact) mass is 700 g/mol. The molecule has 2 aliphatic carbocycles. The van der Waals surface area contributed by atoms with Crippen molar-refractivity contribution in [3.05, 3.63) is 217 Å². The highest BCUT2D eigenvalue weighted by Crippen LogP contribution is 2.61. The van der Waals surface area contributed by atoms with E-state index in [0.717, 1.165) is 39.2 Å². The molecule has 256 valence electrons. The Hall–Kier alpha value is -7.30. The summed E-state index contributed by atoms with van der Waals surface area (Å²) in [6.45, 7) is 0. The van der Waals surface area contributed by atoms with E-state index in [9.17, 15) is 0 Å². The summed E-state index contributed by atoms with van der Waals surface area (Å²) in [4.78, 5) is 19.1. The number of nitrogens with zero attached hydrogens (tertiary/aromatic N) is 4. The molecule has 55 heavy (non-hydrogen) atoms. The van der Waals surface area contributed by atoms with E-state index in [1.807, 2.05) is 36.8 Å². The molecule has 0 unspecified atom stereocenters. The average molecular weight is 701 g/mol. The van der Waals surface area contributed by atoms with Gasteiger partial charge in [0, 0.05) is 41.5 Å². The van der Waals surface area contributed by atoms with Crippen molar-refractivity contribution in [3.63, 3.8) is 0 Å². The molecular formula is C51H32N4. The van der Waals surface area contributed by atoms with E-state index >= 15 is 0 Å². The van der Waals surface area contributed by atoms with Crippen LogP contribution < -0.4 is 0 Å². The number of aromatic nitrogens is 4. The lowest BCUT2D eigenvalue weighted by Crippen LogP contribution is -2.29. The maximum atomic E-state index is 5.29. The maximum absolute atomic E-state index is 5.29.